The first-order valence-electron chi connectivity index (χ1n) is 8.73. The second-order valence-corrected chi connectivity index (χ2v) is 7.66. The number of carbonyl (C=O) groups is 1. The number of amides is 1. The summed E-state index contributed by atoms with van der Waals surface area (Å²) >= 11 is 0. The van der Waals surface area contributed by atoms with Gasteiger partial charge in [0.15, 0.2) is 0 Å². The number of aromatic amines is 1. The topological polar surface area (TPSA) is 153 Å². The summed E-state index contributed by atoms with van der Waals surface area (Å²) < 4.78 is 28.8. The van der Waals surface area contributed by atoms with Crippen LogP contribution in [-0.4, -0.2) is 30.5 Å². The first-order valence-corrected chi connectivity index (χ1v) is 10.3. The normalized spacial score (nSPS) is 11.1. The van der Waals surface area contributed by atoms with Crippen LogP contribution in [0.3, 0.4) is 0 Å². The number of nitrogens with two attached hydrogens (primary N) is 1. The fourth-order valence-electron chi connectivity index (χ4n) is 2.65. The van der Waals surface area contributed by atoms with Crippen LogP contribution >= 0.6 is 0 Å². The van der Waals surface area contributed by atoms with Crippen molar-refractivity contribution in [2.75, 3.05) is 11.9 Å². The minimum absolute atomic E-state index is 0.123. The Labute approximate surface area is 171 Å². The highest BCUT2D eigenvalue weighted by Crippen LogP contribution is 2.15. The predicted molar refractivity (Wildman–Crippen MR) is 110 cm³/mol. The van der Waals surface area contributed by atoms with E-state index in [9.17, 15) is 22.8 Å². The van der Waals surface area contributed by atoms with E-state index in [0.717, 1.165) is 10.8 Å². The SMILES string of the molecule is CCOc1ccc(-n2c(=O)[nH]cc(C(=O)Nc3ccc(S(N)(=O)=O)cc3)c2=O)cc1. The van der Waals surface area contributed by atoms with Gasteiger partial charge in [-0.2, -0.15) is 0 Å². The molecular weight excluding hydrogens is 412 g/mol. The number of aromatic nitrogens is 2. The molecular formula is C19H18N4O6S. The number of nitrogens with zero attached hydrogens (tertiary/aromatic N) is 1. The smallest absolute Gasteiger partial charge is 0.333 e. The Morgan fingerprint density at radius 3 is 2.30 bits per heavy atom. The summed E-state index contributed by atoms with van der Waals surface area (Å²) in [7, 11) is -3.87. The number of sulfonamides is 1. The van der Waals surface area contributed by atoms with E-state index in [4.69, 9.17) is 9.88 Å². The van der Waals surface area contributed by atoms with Crippen LogP contribution in [0.1, 0.15) is 17.3 Å². The molecule has 0 atom stereocenters. The van der Waals surface area contributed by atoms with E-state index < -0.39 is 27.2 Å². The Hall–Kier alpha value is -3.70. The van der Waals surface area contributed by atoms with Gasteiger partial charge in [-0.05, 0) is 55.5 Å². The van der Waals surface area contributed by atoms with Crippen LogP contribution in [0.4, 0.5) is 5.69 Å². The van der Waals surface area contributed by atoms with Crippen molar-refractivity contribution in [1.29, 1.82) is 0 Å². The van der Waals surface area contributed by atoms with Crippen LogP contribution in [0.15, 0.2) is 69.2 Å². The van der Waals surface area contributed by atoms with Gasteiger partial charge in [-0.25, -0.2) is 22.9 Å². The van der Waals surface area contributed by atoms with E-state index >= 15 is 0 Å². The van der Waals surface area contributed by atoms with Gasteiger partial charge >= 0.3 is 5.69 Å². The highest BCUT2D eigenvalue weighted by atomic mass is 32.2. The number of anilines is 1. The van der Waals surface area contributed by atoms with Crippen molar-refractivity contribution in [3.8, 4) is 11.4 Å². The number of primary sulfonamides is 1. The standard InChI is InChI=1S/C19H18N4O6S/c1-2-29-14-7-5-13(6-8-14)23-18(25)16(11-21-19(23)26)17(24)22-12-3-9-15(10-4-12)30(20,27)28/h3-11H,2H2,1H3,(H,21,26)(H,22,24)(H2,20,27,28). The highest BCUT2D eigenvalue weighted by Gasteiger charge is 2.16. The van der Waals surface area contributed by atoms with E-state index in [1.165, 1.54) is 36.4 Å². The zero-order valence-corrected chi connectivity index (χ0v) is 16.6. The van der Waals surface area contributed by atoms with Gasteiger partial charge in [0.25, 0.3) is 11.5 Å². The summed E-state index contributed by atoms with van der Waals surface area (Å²) in [6.45, 7) is 2.29. The molecule has 0 aliphatic heterocycles. The van der Waals surface area contributed by atoms with Gasteiger partial charge in [-0.15, -0.1) is 0 Å². The molecule has 0 aliphatic rings. The molecule has 1 aromatic heterocycles. The van der Waals surface area contributed by atoms with E-state index in [0.29, 0.717) is 12.4 Å². The van der Waals surface area contributed by atoms with Crippen molar-refractivity contribution in [2.24, 2.45) is 5.14 Å². The molecule has 0 radical (unpaired) electrons. The maximum absolute atomic E-state index is 12.8. The van der Waals surface area contributed by atoms with Crippen molar-refractivity contribution in [2.45, 2.75) is 11.8 Å². The molecule has 0 saturated carbocycles. The van der Waals surface area contributed by atoms with Crippen molar-refractivity contribution in [3.63, 3.8) is 0 Å². The zero-order chi connectivity index (χ0) is 21.9. The Morgan fingerprint density at radius 2 is 1.73 bits per heavy atom. The van der Waals surface area contributed by atoms with Crippen LogP contribution in [0.5, 0.6) is 5.75 Å². The average Bonchev–Trinajstić information content (AvgIpc) is 2.69. The zero-order valence-electron chi connectivity index (χ0n) is 15.8. The number of carbonyl (C=O) groups excluding carboxylic acids is 1. The minimum atomic E-state index is -3.87. The van der Waals surface area contributed by atoms with Crippen LogP contribution in [0, 0.1) is 0 Å². The summed E-state index contributed by atoms with van der Waals surface area (Å²) in [4.78, 5) is 39.7. The lowest BCUT2D eigenvalue weighted by Gasteiger charge is -2.09. The van der Waals surface area contributed by atoms with Gasteiger partial charge < -0.3 is 15.0 Å². The van der Waals surface area contributed by atoms with Crippen molar-refractivity contribution in [1.82, 2.24) is 9.55 Å². The maximum Gasteiger partial charge on any atom is 0.333 e. The number of nitrogens with one attached hydrogen (secondary N) is 2. The quantitative estimate of drug-likeness (QED) is 0.526. The third-order valence-corrected chi connectivity index (χ3v) is 5.00. The molecule has 0 fully saturated rings. The third kappa shape index (κ3) is 4.47. The van der Waals surface area contributed by atoms with Gasteiger partial charge in [0, 0.05) is 11.9 Å². The third-order valence-electron chi connectivity index (χ3n) is 4.07. The Kier molecular flexibility index (Phi) is 5.85. The highest BCUT2D eigenvalue weighted by molar-refractivity contribution is 7.89. The number of rotatable bonds is 6. The number of hydrogen-bond donors (Lipinski definition) is 3. The molecule has 11 heteroatoms. The van der Waals surface area contributed by atoms with Crippen LogP contribution < -0.4 is 26.4 Å². The Balaban J connectivity index is 1.91. The van der Waals surface area contributed by atoms with E-state index in [-0.39, 0.29) is 21.8 Å². The lowest BCUT2D eigenvalue weighted by molar-refractivity contribution is 0.102. The van der Waals surface area contributed by atoms with E-state index in [2.05, 4.69) is 10.3 Å². The molecule has 0 unspecified atom stereocenters. The molecule has 1 amide bonds. The average molecular weight is 430 g/mol. The van der Waals surface area contributed by atoms with Crippen molar-refractivity contribution >= 4 is 21.6 Å². The first kappa shape index (κ1) is 21.0. The molecule has 4 N–H and O–H groups in total. The molecule has 3 aromatic rings. The number of ether oxygens (including phenoxy) is 1. The van der Waals surface area contributed by atoms with Crippen LogP contribution in [0.25, 0.3) is 5.69 Å². The van der Waals surface area contributed by atoms with Gasteiger partial charge in [0.05, 0.1) is 17.2 Å². The number of hydrogen-bond acceptors (Lipinski definition) is 6. The fourth-order valence-corrected chi connectivity index (χ4v) is 3.17. The molecule has 156 valence electrons. The maximum atomic E-state index is 12.8. The largest absolute Gasteiger partial charge is 0.494 e. The summed E-state index contributed by atoms with van der Waals surface area (Å²) in [6, 6.07) is 11.3. The molecule has 0 bridgehead atoms. The van der Waals surface area contributed by atoms with Gasteiger partial charge in [0.1, 0.15) is 11.3 Å². The summed E-state index contributed by atoms with van der Waals surface area (Å²) in [5.74, 6) is -0.207. The van der Waals surface area contributed by atoms with Crippen LogP contribution in [0.2, 0.25) is 0 Å². The Bertz CT molecular complexity index is 1290. The molecule has 10 nitrogen and oxygen atoms in total. The molecule has 2 aromatic carbocycles. The molecule has 3 rings (SSSR count). The molecule has 0 aliphatic carbocycles. The number of benzene rings is 2. The monoisotopic (exact) mass is 430 g/mol. The molecule has 30 heavy (non-hydrogen) atoms. The molecule has 1 heterocycles. The first-order chi connectivity index (χ1) is 14.2. The van der Waals surface area contributed by atoms with E-state index in [1.807, 2.05) is 6.92 Å². The molecule has 0 saturated heterocycles. The van der Waals surface area contributed by atoms with Crippen molar-refractivity contribution < 1.29 is 17.9 Å². The lowest BCUT2D eigenvalue weighted by Crippen LogP contribution is -2.38. The van der Waals surface area contributed by atoms with Gasteiger partial charge in [-0.1, -0.05) is 0 Å². The van der Waals surface area contributed by atoms with Gasteiger partial charge in [-0.3, -0.25) is 9.59 Å². The van der Waals surface area contributed by atoms with E-state index in [1.54, 1.807) is 12.1 Å². The second kappa shape index (κ2) is 8.35. The van der Waals surface area contributed by atoms with Gasteiger partial charge in [0.2, 0.25) is 10.0 Å². The fraction of sp³-hybridized carbons (Fsp3) is 0.105. The summed E-state index contributed by atoms with van der Waals surface area (Å²) in [5.41, 5.74) is -1.33. The predicted octanol–water partition coefficient (Wildman–Crippen LogP) is 0.824. The minimum Gasteiger partial charge on any atom is -0.494 e. The lowest BCUT2D eigenvalue weighted by atomic mass is 10.2. The van der Waals surface area contributed by atoms with Crippen molar-refractivity contribution in [3.05, 3.63) is 81.1 Å². The number of H-pyrrole nitrogens is 1. The second-order valence-electron chi connectivity index (χ2n) is 6.10. The Morgan fingerprint density at radius 1 is 1.10 bits per heavy atom. The molecule has 0 spiro atoms. The summed E-state index contributed by atoms with van der Waals surface area (Å²) in [6.07, 6.45) is 1.02. The van der Waals surface area contributed by atoms with Crippen LogP contribution in [-0.2, 0) is 10.0 Å². The summed E-state index contributed by atoms with van der Waals surface area (Å²) in [5, 5.41) is 7.50.